The highest BCUT2D eigenvalue weighted by molar-refractivity contribution is 7.17. The van der Waals surface area contributed by atoms with Crippen LogP contribution in [-0.2, 0) is 22.4 Å². The van der Waals surface area contributed by atoms with E-state index in [1.165, 1.54) is 35.6 Å². The van der Waals surface area contributed by atoms with Gasteiger partial charge in [0.15, 0.2) is 6.61 Å². The van der Waals surface area contributed by atoms with E-state index in [9.17, 15) is 19.5 Å². The monoisotopic (exact) mass is 360 g/mol. The van der Waals surface area contributed by atoms with Gasteiger partial charge in [-0.05, 0) is 49.1 Å². The van der Waals surface area contributed by atoms with Gasteiger partial charge in [0.05, 0.1) is 11.1 Å². The number of phenols is 1. The van der Waals surface area contributed by atoms with Gasteiger partial charge in [-0.25, -0.2) is 4.79 Å². The summed E-state index contributed by atoms with van der Waals surface area (Å²) in [6, 6.07) is 5.49. The van der Waals surface area contributed by atoms with Gasteiger partial charge in [-0.3, -0.25) is 9.59 Å². The van der Waals surface area contributed by atoms with E-state index in [4.69, 9.17) is 10.5 Å². The Labute approximate surface area is 147 Å². The molecule has 7 nitrogen and oxygen atoms in total. The van der Waals surface area contributed by atoms with Gasteiger partial charge in [0.2, 0.25) is 0 Å². The van der Waals surface area contributed by atoms with Crippen molar-refractivity contribution in [3.05, 3.63) is 45.8 Å². The summed E-state index contributed by atoms with van der Waals surface area (Å²) in [7, 11) is 0. The highest BCUT2D eigenvalue weighted by atomic mass is 32.1. The number of nitrogens with two attached hydrogens (primary N) is 1. The van der Waals surface area contributed by atoms with E-state index in [2.05, 4.69) is 5.32 Å². The summed E-state index contributed by atoms with van der Waals surface area (Å²) in [6.07, 6.45) is 2.61. The van der Waals surface area contributed by atoms with Crippen molar-refractivity contribution >= 4 is 34.1 Å². The molecular weight excluding hydrogens is 344 g/mol. The molecule has 1 aromatic carbocycles. The molecule has 0 spiro atoms. The van der Waals surface area contributed by atoms with Crippen molar-refractivity contribution in [1.29, 1.82) is 0 Å². The summed E-state index contributed by atoms with van der Waals surface area (Å²) in [5.74, 6) is -1.77. The summed E-state index contributed by atoms with van der Waals surface area (Å²) in [5, 5.41) is 12.2. The molecule has 0 fully saturated rings. The molecule has 3 rings (SSSR count). The van der Waals surface area contributed by atoms with Crippen molar-refractivity contribution in [2.45, 2.75) is 19.3 Å². The van der Waals surface area contributed by atoms with Gasteiger partial charge in [0.1, 0.15) is 10.8 Å². The van der Waals surface area contributed by atoms with Crippen LogP contribution in [0.5, 0.6) is 5.75 Å². The van der Waals surface area contributed by atoms with Crippen LogP contribution in [0.3, 0.4) is 0 Å². The van der Waals surface area contributed by atoms with Crippen LogP contribution in [0.25, 0.3) is 0 Å². The first-order valence-corrected chi connectivity index (χ1v) is 8.47. The quantitative estimate of drug-likeness (QED) is 0.703. The molecule has 0 radical (unpaired) electrons. The molecule has 1 aliphatic rings. The number of amides is 2. The molecule has 0 saturated heterocycles. The number of rotatable bonds is 5. The zero-order valence-corrected chi connectivity index (χ0v) is 14.0. The number of thiophene rings is 1. The fraction of sp³-hybridized carbons (Fsp3) is 0.235. The third-order valence-corrected chi connectivity index (χ3v) is 5.07. The molecule has 1 aliphatic carbocycles. The lowest BCUT2D eigenvalue weighted by Crippen LogP contribution is -2.22. The predicted molar refractivity (Wildman–Crippen MR) is 91.9 cm³/mol. The Kier molecular flexibility index (Phi) is 4.71. The van der Waals surface area contributed by atoms with E-state index in [-0.39, 0.29) is 11.3 Å². The van der Waals surface area contributed by atoms with Gasteiger partial charge in [-0.1, -0.05) is 0 Å². The molecule has 0 bridgehead atoms. The zero-order valence-electron chi connectivity index (χ0n) is 13.2. The number of esters is 1. The molecule has 25 heavy (non-hydrogen) atoms. The molecule has 8 heteroatoms. The zero-order chi connectivity index (χ0) is 18.0. The maximum Gasteiger partial charge on any atom is 0.338 e. The normalized spacial score (nSPS) is 12.5. The fourth-order valence-corrected chi connectivity index (χ4v) is 4.04. The van der Waals surface area contributed by atoms with Crippen molar-refractivity contribution in [2.24, 2.45) is 5.73 Å². The van der Waals surface area contributed by atoms with Crippen LogP contribution < -0.4 is 11.1 Å². The van der Waals surface area contributed by atoms with Crippen molar-refractivity contribution in [3.63, 3.8) is 0 Å². The summed E-state index contributed by atoms with van der Waals surface area (Å²) in [6.45, 7) is -0.486. The molecular formula is C17H16N2O5S. The van der Waals surface area contributed by atoms with E-state index >= 15 is 0 Å². The third kappa shape index (κ3) is 3.63. The first-order valence-electron chi connectivity index (χ1n) is 7.66. The van der Waals surface area contributed by atoms with Crippen LogP contribution in [0.4, 0.5) is 5.00 Å². The molecule has 130 valence electrons. The topological polar surface area (TPSA) is 119 Å². The molecule has 0 atom stereocenters. The molecule has 0 unspecified atom stereocenters. The molecule has 4 N–H and O–H groups in total. The van der Waals surface area contributed by atoms with Crippen LogP contribution in [0, 0.1) is 0 Å². The lowest BCUT2D eigenvalue weighted by atomic mass is 10.1. The number of carbonyl (C=O) groups is 3. The van der Waals surface area contributed by atoms with Crippen molar-refractivity contribution in [1.82, 2.24) is 0 Å². The minimum atomic E-state index is -0.682. The van der Waals surface area contributed by atoms with Crippen LogP contribution in [0.1, 0.15) is 37.6 Å². The SMILES string of the molecule is NC(=O)c1c(NC(=O)COC(=O)c2ccc(O)cc2)sc2c1CCC2. The molecule has 1 aromatic heterocycles. The average Bonchev–Trinajstić information content (AvgIpc) is 3.13. The highest BCUT2D eigenvalue weighted by Crippen LogP contribution is 2.38. The smallest absolute Gasteiger partial charge is 0.338 e. The fourth-order valence-electron chi connectivity index (χ4n) is 2.73. The van der Waals surface area contributed by atoms with Crippen molar-refractivity contribution in [3.8, 4) is 5.75 Å². The van der Waals surface area contributed by atoms with Crippen LogP contribution in [0.15, 0.2) is 24.3 Å². The number of primary amides is 1. The number of fused-ring (bicyclic) bond motifs is 1. The van der Waals surface area contributed by atoms with E-state index < -0.39 is 24.4 Å². The Morgan fingerprint density at radius 2 is 1.92 bits per heavy atom. The van der Waals surface area contributed by atoms with Crippen LogP contribution in [-0.4, -0.2) is 29.5 Å². The maximum atomic E-state index is 12.0. The minimum Gasteiger partial charge on any atom is -0.508 e. The summed E-state index contributed by atoms with van der Waals surface area (Å²) in [5.41, 5.74) is 6.92. The van der Waals surface area contributed by atoms with E-state index in [0.29, 0.717) is 10.6 Å². The maximum absolute atomic E-state index is 12.0. The number of hydrogen-bond acceptors (Lipinski definition) is 6. The number of aromatic hydroxyl groups is 1. The van der Waals surface area contributed by atoms with Crippen LogP contribution in [0.2, 0.25) is 0 Å². The van der Waals surface area contributed by atoms with Crippen LogP contribution >= 0.6 is 11.3 Å². The van der Waals surface area contributed by atoms with Gasteiger partial charge >= 0.3 is 5.97 Å². The second kappa shape index (κ2) is 6.94. The van der Waals surface area contributed by atoms with E-state index in [0.717, 1.165) is 29.7 Å². The Morgan fingerprint density at radius 1 is 1.20 bits per heavy atom. The number of ether oxygens (including phenoxy) is 1. The first kappa shape index (κ1) is 17.0. The van der Waals surface area contributed by atoms with Crippen molar-refractivity contribution < 1.29 is 24.2 Å². The van der Waals surface area contributed by atoms with Gasteiger partial charge < -0.3 is 20.9 Å². The minimum absolute atomic E-state index is 0.0269. The Balaban J connectivity index is 1.63. The Morgan fingerprint density at radius 3 is 2.60 bits per heavy atom. The summed E-state index contributed by atoms with van der Waals surface area (Å²) < 4.78 is 4.94. The number of aryl methyl sites for hydroxylation is 1. The molecule has 0 aliphatic heterocycles. The molecule has 0 saturated carbocycles. The summed E-state index contributed by atoms with van der Waals surface area (Å²) >= 11 is 1.34. The average molecular weight is 360 g/mol. The Hall–Kier alpha value is -2.87. The second-order valence-corrected chi connectivity index (χ2v) is 6.70. The molecule has 2 amide bonds. The summed E-state index contributed by atoms with van der Waals surface area (Å²) in [4.78, 5) is 36.6. The Bertz CT molecular complexity index is 841. The van der Waals surface area contributed by atoms with Gasteiger partial charge in [0.25, 0.3) is 11.8 Å². The number of anilines is 1. The van der Waals surface area contributed by atoms with Crippen molar-refractivity contribution in [2.75, 3.05) is 11.9 Å². The molecule has 2 aromatic rings. The second-order valence-electron chi connectivity index (χ2n) is 5.60. The van der Waals surface area contributed by atoms with E-state index in [1.54, 1.807) is 0 Å². The standard InChI is InChI=1S/C17H16N2O5S/c18-15(22)14-11-2-1-3-12(11)25-16(14)19-13(21)8-24-17(23)9-4-6-10(20)7-5-9/h4-7,20H,1-3,8H2,(H2,18,22)(H,19,21). The van der Waals surface area contributed by atoms with Gasteiger partial charge in [-0.2, -0.15) is 0 Å². The highest BCUT2D eigenvalue weighted by Gasteiger charge is 2.26. The van der Waals surface area contributed by atoms with Gasteiger partial charge in [-0.15, -0.1) is 11.3 Å². The largest absolute Gasteiger partial charge is 0.508 e. The number of phenolic OH excluding ortho intramolecular Hbond substituents is 1. The first-order chi connectivity index (χ1) is 12.0. The van der Waals surface area contributed by atoms with E-state index in [1.807, 2.05) is 0 Å². The number of benzene rings is 1. The third-order valence-electron chi connectivity index (χ3n) is 3.86. The van der Waals surface area contributed by atoms with Gasteiger partial charge in [0, 0.05) is 4.88 Å². The predicted octanol–water partition coefficient (Wildman–Crippen LogP) is 1.84. The lowest BCUT2D eigenvalue weighted by molar-refractivity contribution is -0.119. The lowest BCUT2D eigenvalue weighted by Gasteiger charge is -2.07. The molecule has 1 heterocycles. The number of nitrogens with one attached hydrogen (secondary N) is 1. The number of carbonyl (C=O) groups excluding carboxylic acids is 3. The number of hydrogen-bond donors (Lipinski definition) is 3.